The number of thiophene rings is 1. The number of rotatable bonds is 7. The number of carbonyl (C=O) groups is 1. The van der Waals surface area contributed by atoms with Crippen LogP contribution in [0.25, 0.3) is 10.8 Å². The van der Waals surface area contributed by atoms with Crippen molar-refractivity contribution in [2.24, 2.45) is 0 Å². The maximum atomic E-state index is 12.6. The molecule has 0 amide bonds. The second kappa shape index (κ2) is 8.20. The van der Waals surface area contributed by atoms with Gasteiger partial charge in [-0.1, -0.05) is 30.3 Å². The SMILES string of the molecule is CCOC(=O)CSc1cc(NS(=O)(=O)c2cccs2)c2ccccc2c1O. The molecule has 0 spiro atoms. The number of ether oxygens (including phenoxy) is 1. The number of phenolic OH excluding ortho intramolecular Hbond substituents is 1. The van der Waals surface area contributed by atoms with E-state index >= 15 is 0 Å². The number of esters is 1. The Morgan fingerprint density at radius 1 is 1.22 bits per heavy atom. The molecule has 27 heavy (non-hydrogen) atoms. The zero-order valence-electron chi connectivity index (χ0n) is 14.3. The van der Waals surface area contributed by atoms with E-state index in [0.29, 0.717) is 21.4 Å². The zero-order valence-corrected chi connectivity index (χ0v) is 16.8. The van der Waals surface area contributed by atoms with Crippen LogP contribution in [0.1, 0.15) is 6.92 Å². The number of nitrogens with one attached hydrogen (secondary N) is 1. The Labute approximate surface area is 165 Å². The first-order chi connectivity index (χ1) is 12.9. The second-order valence-corrected chi connectivity index (χ2v) is 9.32. The van der Waals surface area contributed by atoms with Gasteiger partial charge >= 0.3 is 5.97 Å². The molecule has 1 heterocycles. The molecule has 9 heteroatoms. The van der Waals surface area contributed by atoms with Gasteiger partial charge in [-0.25, -0.2) is 8.42 Å². The number of thioether (sulfide) groups is 1. The Hall–Kier alpha value is -2.23. The van der Waals surface area contributed by atoms with Crippen molar-refractivity contribution in [1.29, 1.82) is 0 Å². The summed E-state index contributed by atoms with van der Waals surface area (Å²) >= 11 is 2.21. The topological polar surface area (TPSA) is 92.7 Å². The molecule has 0 atom stereocenters. The highest BCUT2D eigenvalue weighted by Gasteiger charge is 2.19. The summed E-state index contributed by atoms with van der Waals surface area (Å²) in [4.78, 5) is 12.0. The fourth-order valence-electron chi connectivity index (χ4n) is 2.48. The summed E-state index contributed by atoms with van der Waals surface area (Å²) in [7, 11) is -3.74. The van der Waals surface area contributed by atoms with Crippen LogP contribution in [0.2, 0.25) is 0 Å². The van der Waals surface area contributed by atoms with Crippen LogP contribution in [0.3, 0.4) is 0 Å². The molecule has 2 aromatic carbocycles. The second-order valence-electron chi connectivity index (χ2n) is 5.45. The molecule has 1 aromatic heterocycles. The number of phenols is 1. The third-order valence-electron chi connectivity index (χ3n) is 3.64. The molecule has 0 aliphatic heterocycles. The summed E-state index contributed by atoms with van der Waals surface area (Å²) in [6, 6.07) is 11.6. The van der Waals surface area contributed by atoms with Gasteiger partial charge < -0.3 is 9.84 Å². The minimum Gasteiger partial charge on any atom is -0.506 e. The van der Waals surface area contributed by atoms with E-state index in [1.54, 1.807) is 42.6 Å². The molecule has 0 aliphatic rings. The van der Waals surface area contributed by atoms with Crippen LogP contribution in [0.4, 0.5) is 5.69 Å². The fourth-order valence-corrected chi connectivity index (χ4v) is 5.35. The van der Waals surface area contributed by atoms with E-state index < -0.39 is 16.0 Å². The molecular formula is C18H17NO5S3. The first kappa shape index (κ1) is 19.5. The molecule has 0 unspecified atom stereocenters. The van der Waals surface area contributed by atoms with E-state index in [1.807, 2.05) is 0 Å². The molecule has 3 aromatic rings. The number of hydrogen-bond donors (Lipinski definition) is 2. The lowest BCUT2D eigenvalue weighted by atomic mass is 10.1. The van der Waals surface area contributed by atoms with Crippen molar-refractivity contribution in [1.82, 2.24) is 0 Å². The lowest BCUT2D eigenvalue weighted by molar-refractivity contribution is -0.139. The molecule has 0 bridgehead atoms. The number of carbonyl (C=O) groups excluding carboxylic acids is 1. The van der Waals surface area contributed by atoms with Gasteiger partial charge in [-0.15, -0.1) is 23.1 Å². The van der Waals surface area contributed by atoms with Crippen LogP contribution >= 0.6 is 23.1 Å². The molecule has 0 aliphatic carbocycles. The highest BCUT2D eigenvalue weighted by Crippen LogP contribution is 2.40. The Morgan fingerprint density at radius 3 is 2.63 bits per heavy atom. The minimum atomic E-state index is -3.74. The largest absolute Gasteiger partial charge is 0.506 e. The number of anilines is 1. The minimum absolute atomic E-state index is 0.000954. The summed E-state index contributed by atoms with van der Waals surface area (Å²) in [5, 5.41) is 13.3. The predicted octanol–water partition coefficient (Wildman–Crippen LogP) is 4.06. The third-order valence-corrected chi connectivity index (χ3v) is 7.40. The highest BCUT2D eigenvalue weighted by atomic mass is 32.2. The smallest absolute Gasteiger partial charge is 0.316 e. The Morgan fingerprint density at radius 2 is 1.96 bits per heavy atom. The zero-order chi connectivity index (χ0) is 19.4. The molecule has 3 rings (SSSR count). The standard InChI is InChI=1S/C18H17NO5S3/c1-2-24-16(20)11-26-15-10-14(12-6-3-4-7-13(12)18(15)21)19-27(22,23)17-8-5-9-25-17/h3-10,19,21H,2,11H2,1H3. The molecule has 0 saturated heterocycles. The van der Waals surface area contributed by atoms with Gasteiger partial charge in [0.05, 0.1) is 22.9 Å². The Kier molecular flexibility index (Phi) is 5.93. The summed E-state index contributed by atoms with van der Waals surface area (Å²) < 4.78 is 32.9. The first-order valence-electron chi connectivity index (χ1n) is 8.02. The number of sulfonamides is 1. The van der Waals surface area contributed by atoms with Crippen molar-refractivity contribution in [3.8, 4) is 5.75 Å². The van der Waals surface area contributed by atoms with E-state index in [-0.39, 0.29) is 22.3 Å². The molecule has 2 N–H and O–H groups in total. The number of aromatic hydroxyl groups is 1. The quantitative estimate of drug-likeness (QED) is 0.338. The van der Waals surface area contributed by atoms with Crippen LogP contribution in [0, 0.1) is 0 Å². The summed E-state index contributed by atoms with van der Waals surface area (Å²) in [5.41, 5.74) is 0.336. The van der Waals surface area contributed by atoms with Crippen LogP contribution < -0.4 is 4.72 Å². The lowest BCUT2D eigenvalue weighted by Crippen LogP contribution is -2.12. The van der Waals surface area contributed by atoms with E-state index in [4.69, 9.17) is 4.74 Å². The third kappa shape index (κ3) is 4.37. The average Bonchev–Trinajstić information content (AvgIpc) is 3.19. The average molecular weight is 424 g/mol. The Balaban J connectivity index is 2.01. The summed E-state index contributed by atoms with van der Waals surface area (Å²) in [5.74, 6) is -0.397. The van der Waals surface area contributed by atoms with E-state index in [0.717, 1.165) is 23.1 Å². The highest BCUT2D eigenvalue weighted by molar-refractivity contribution is 8.00. The summed E-state index contributed by atoms with van der Waals surface area (Å²) in [6.07, 6.45) is 0. The number of fused-ring (bicyclic) bond motifs is 1. The Bertz CT molecular complexity index is 1060. The van der Waals surface area contributed by atoms with E-state index in [2.05, 4.69) is 4.72 Å². The monoisotopic (exact) mass is 423 g/mol. The van der Waals surface area contributed by atoms with Gasteiger partial charge in [0.25, 0.3) is 10.0 Å². The van der Waals surface area contributed by atoms with Crippen LogP contribution in [-0.4, -0.2) is 31.9 Å². The molecule has 0 fully saturated rings. The van der Waals surface area contributed by atoms with Gasteiger partial charge in [0.15, 0.2) is 0 Å². The first-order valence-corrected chi connectivity index (χ1v) is 11.4. The van der Waals surface area contributed by atoms with Gasteiger partial charge in [0, 0.05) is 10.8 Å². The van der Waals surface area contributed by atoms with Gasteiger partial charge in [-0.2, -0.15) is 0 Å². The fraction of sp³-hybridized carbons (Fsp3) is 0.167. The number of benzene rings is 2. The molecule has 142 valence electrons. The maximum Gasteiger partial charge on any atom is 0.316 e. The molecule has 6 nitrogen and oxygen atoms in total. The van der Waals surface area contributed by atoms with E-state index in [9.17, 15) is 18.3 Å². The van der Waals surface area contributed by atoms with Gasteiger partial charge in [0.1, 0.15) is 9.96 Å². The van der Waals surface area contributed by atoms with Crippen LogP contribution in [-0.2, 0) is 19.6 Å². The van der Waals surface area contributed by atoms with Crippen LogP contribution in [0.15, 0.2) is 56.9 Å². The van der Waals surface area contributed by atoms with Crippen molar-refractivity contribution >= 4 is 55.6 Å². The molecule has 0 saturated carbocycles. The van der Waals surface area contributed by atoms with Gasteiger partial charge in [-0.3, -0.25) is 9.52 Å². The number of hydrogen-bond acceptors (Lipinski definition) is 7. The lowest BCUT2D eigenvalue weighted by Gasteiger charge is -2.14. The van der Waals surface area contributed by atoms with Crippen LogP contribution in [0.5, 0.6) is 5.75 Å². The molecular weight excluding hydrogens is 406 g/mol. The van der Waals surface area contributed by atoms with E-state index in [1.165, 1.54) is 12.1 Å². The maximum absolute atomic E-state index is 12.6. The van der Waals surface area contributed by atoms with Crippen molar-refractivity contribution in [2.75, 3.05) is 17.1 Å². The van der Waals surface area contributed by atoms with Crippen molar-refractivity contribution in [3.05, 3.63) is 47.8 Å². The van der Waals surface area contributed by atoms with Crippen molar-refractivity contribution in [3.63, 3.8) is 0 Å². The van der Waals surface area contributed by atoms with Gasteiger partial charge in [-0.05, 0) is 24.4 Å². The van der Waals surface area contributed by atoms with Crippen molar-refractivity contribution < 1.29 is 23.1 Å². The van der Waals surface area contributed by atoms with Gasteiger partial charge in [0.2, 0.25) is 0 Å². The van der Waals surface area contributed by atoms with Crippen molar-refractivity contribution in [2.45, 2.75) is 16.0 Å². The normalized spacial score (nSPS) is 11.4. The predicted molar refractivity (Wildman–Crippen MR) is 108 cm³/mol. The molecule has 0 radical (unpaired) electrons. The summed E-state index contributed by atoms with van der Waals surface area (Å²) in [6.45, 7) is 1.99.